The maximum atomic E-state index is 14.6. The van der Waals surface area contributed by atoms with Gasteiger partial charge in [-0.05, 0) is 37.8 Å². The number of carbonyl (C=O) groups excluding carboxylic acids is 2. The first-order chi connectivity index (χ1) is 13.0. The van der Waals surface area contributed by atoms with E-state index in [0.717, 1.165) is 23.8 Å². The van der Waals surface area contributed by atoms with Gasteiger partial charge in [0, 0.05) is 28.0 Å². The van der Waals surface area contributed by atoms with Crippen molar-refractivity contribution >= 4 is 46.2 Å². The van der Waals surface area contributed by atoms with Crippen LogP contribution in [0.3, 0.4) is 0 Å². The van der Waals surface area contributed by atoms with E-state index in [-0.39, 0.29) is 17.1 Å². The number of halogens is 2. The van der Waals surface area contributed by atoms with Crippen LogP contribution in [0, 0.1) is 5.82 Å². The predicted octanol–water partition coefficient (Wildman–Crippen LogP) is 3.70. The van der Waals surface area contributed by atoms with Gasteiger partial charge in [0.05, 0.1) is 23.9 Å². The van der Waals surface area contributed by atoms with Gasteiger partial charge in [-0.15, -0.1) is 0 Å². The highest BCUT2D eigenvalue weighted by Gasteiger charge is 2.41. The minimum absolute atomic E-state index is 0.116. The molecule has 2 heterocycles. The van der Waals surface area contributed by atoms with E-state index in [4.69, 9.17) is 33.3 Å². The van der Waals surface area contributed by atoms with Gasteiger partial charge in [0.15, 0.2) is 6.29 Å². The number of amides is 2. The maximum Gasteiger partial charge on any atom is 0.261 e. The van der Waals surface area contributed by atoms with Crippen LogP contribution in [-0.2, 0) is 19.1 Å². The van der Waals surface area contributed by atoms with Gasteiger partial charge < -0.3 is 9.47 Å². The number of imide groups is 1. The fourth-order valence-corrected chi connectivity index (χ4v) is 4.29. The summed E-state index contributed by atoms with van der Waals surface area (Å²) in [5.74, 6) is -1.63. The lowest BCUT2D eigenvalue weighted by Gasteiger charge is -2.19. The Balaban J connectivity index is 1.66. The molecule has 0 atom stereocenters. The summed E-state index contributed by atoms with van der Waals surface area (Å²) in [6, 6.07) is 2.47. The second kappa shape index (κ2) is 7.39. The van der Waals surface area contributed by atoms with Crippen LogP contribution in [-0.4, -0.2) is 36.2 Å². The lowest BCUT2D eigenvalue weighted by atomic mass is 9.93. The van der Waals surface area contributed by atoms with Crippen LogP contribution in [0.5, 0.6) is 0 Å². The zero-order valence-electron chi connectivity index (χ0n) is 14.4. The first kappa shape index (κ1) is 18.7. The summed E-state index contributed by atoms with van der Waals surface area (Å²) in [5.41, 5.74) is 1.28. The van der Waals surface area contributed by atoms with Crippen molar-refractivity contribution in [1.29, 1.82) is 0 Å². The van der Waals surface area contributed by atoms with Gasteiger partial charge in [-0.25, -0.2) is 9.29 Å². The molecule has 4 rings (SSSR count). The van der Waals surface area contributed by atoms with Gasteiger partial charge >= 0.3 is 0 Å². The van der Waals surface area contributed by atoms with Gasteiger partial charge in [0.1, 0.15) is 5.82 Å². The van der Waals surface area contributed by atoms with Crippen molar-refractivity contribution in [2.45, 2.75) is 38.4 Å². The highest BCUT2D eigenvalue weighted by Crippen LogP contribution is 2.38. The molecule has 2 aliphatic heterocycles. The predicted molar refractivity (Wildman–Crippen MR) is 101 cm³/mol. The monoisotopic (exact) mass is 409 g/mol. The van der Waals surface area contributed by atoms with Crippen molar-refractivity contribution in [2.24, 2.45) is 0 Å². The zero-order chi connectivity index (χ0) is 19.1. The molecule has 27 heavy (non-hydrogen) atoms. The number of thiocarbonyl (C=S) groups is 1. The molecular formula is C19H17ClFNO4S. The average Bonchev–Trinajstić information content (AvgIpc) is 3.23. The first-order valence-electron chi connectivity index (χ1n) is 8.83. The standard InChI is InChI=1S/C19H17ClFNO4S/c20-13-8-14(21)15(7-12(13)16(27)9-17-25-5-6-26-17)22-18(23)10-3-1-2-4-11(10)19(22)24/h7-8,17H,1-6,9H2. The van der Waals surface area contributed by atoms with Crippen LogP contribution < -0.4 is 4.90 Å². The molecule has 0 N–H and O–H groups in total. The van der Waals surface area contributed by atoms with Crippen LogP contribution in [0.15, 0.2) is 23.3 Å². The lowest BCUT2D eigenvalue weighted by molar-refractivity contribution is -0.120. The highest BCUT2D eigenvalue weighted by atomic mass is 35.5. The van der Waals surface area contributed by atoms with Gasteiger partial charge in [0.2, 0.25) is 0 Å². The summed E-state index contributed by atoms with van der Waals surface area (Å²) < 4.78 is 25.4. The number of hydrogen-bond donors (Lipinski definition) is 0. The SMILES string of the molecule is O=C1C2=C(CCCC2)C(=O)N1c1cc(C(=S)CC2OCCO2)c(Cl)cc1F. The molecule has 1 saturated heterocycles. The molecule has 2 amide bonds. The quantitative estimate of drug-likeness (QED) is 0.431. The molecule has 0 spiro atoms. The van der Waals surface area contributed by atoms with Crippen LogP contribution in [0.1, 0.15) is 37.7 Å². The van der Waals surface area contributed by atoms with Crippen LogP contribution >= 0.6 is 23.8 Å². The second-order valence-electron chi connectivity index (χ2n) is 6.69. The topological polar surface area (TPSA) is 55.8 Å². The Kier molecular flexibility index (Phi) is 5.11. The Hall–Kier alpha value is -1.67. The minimum atomic E-state index is -0.735. The fourth-order valence-electron chi connectivity index (χ4n) is 3.67. The number of benzene rings is 1. The maximum absolute atomic E-state index is 14.6. The van der Waals surface area contributed by atoms with Crippen molar-refractivity contribution in [3.63, 3.8) is 0 Å². The summed E-state index contributed by atoms with van der Waals surface area (Å²) in [6.45, 7) is 0.980. The molecule has 1 aromatic carbocycles. The Labute approximate surface area is 166 Å². The Morgan fingerprint density at radius 2 is 1.74 bits per heavy atom. The van der Waals surface area contributed by atoms with Gasteiger partial charge in [-0.1, -0.05) is 23.8 Å². The summed E-state index contributed by atoms with van der Waals surface area (Å²) >= 11 is 11.6. The van der Waals surface area contributed by atoms with E-state index in [1.54, 1.807) is 0 Å². The normalized spacial score (nSPS) is 20.6. The molecule has 8 heteroatoms. The molecule has 0 radical (unpaired) electrons. The van der Waals surface area contributed by atoms with Gasteiger partial charge in [-0.2, -0.15) is 0 Å². The fraction of sp³-hybridized carbons (Fsp3) is 0.421. The highest BCUT2D eigenvalue weighted by molar-refractivity contribution is 7.80. The molecule has 0 aromatic heterocycles. The molecule has 0 unspecified atom stereocenters. The van der Waals surface area contributed by atoms with Gasteiger partial charge in [-0.3, -0.25) is 9.59 Å². The molecule has 3 aliphatic rings. The van der Waals surface area contributed by atoms with Crippen LogP contribution in [0.25, 0.3) is 0 Å². The number of hydrogen-bond acceptors (Lipinski definition) is 5. The molecule has 0 bridgehead atoms. The molecule has 1 aliphatic carbocycles. The van der Waals surface area contributed by atoms with E-state index in [2.05, 4.69) is 0 Å². The Bertz CT molecular complexity index is 851. The van der Waals surface area contributed by atoms with E-state index in [0.29, 0.717) is 47.6 Å². The Morgan fingerprint density at radius 3 is 2.33 bits per heavy atom. The van der Waals surface area contributed by atoms with Crippen molar-refractivity contribution in [3.8, 4) is 0 Å². The first-order valence-corrected chi connectivity index (χ1v) is 9.62. The van der Waals surface area contributed by atoms with E-state index in [1.165, 1.54) is 6.07 Å². The summed E-state index contributed by atoms with van der Waals surface area (Å²) in [5, 5.41) is 0.121. The molecule has 1 aromatic rings. The number of rotatable bonds is 4. The third-order valence-electron chi connectivity index (χ3n) is 5.01. The number of anilines is 1. The summed E-state index contributed by atoms with van der Waals surface area (Å²) in [7, 11) is 0. The third-order valence-corrected chi connectivity index (χ3v) is 5.71. The molecule has 1 fully saturated rings. The molecule has 142 valence electrons. The lowest BCUT2D eigenvalue weighted by Crippen LogP contribution is -2.32. The van der Waals surface area contributed by atoms with Crippen molar-refractivity contribution in [1.82, 2.24) is 0 Å². The van der Waals surface area contributed by atoms with E-state index in [1.807, 2.05) is 0 Å². The smallest absolute Gasteiger partial charge is 0.261 e. The molecular weight excluding hydrogens is 393 g/mol. The zero-order valence-corrected chi connectivity index (χ0v) is 16.0. The average molecular weight is 410 g/mol. The van der Waals surface area contributed by atoms with E-state index < -0.39 is 23.9 Å². The van der Waals surface area contributed by atoms with Crippen molar-refractivity contribution < 1.29 is 23.5 Å². The summed E-state index contributed by atoms with van der Waals surface area (Å²) in [6.07, 6.45) is 2.62. The third kappa shape index (κ3) is 3.33. The van der Waals surface area contributed by atoms with Crippen molar-refractivity contribution in [3.05, 3.63) is 39.7 Å². The number of nitrogens with zero attached hydrogens (tertiary/aromatic N) is 1. The largest absolute Gasteiger partial charge is 0.350 e. The van der Waals surface area contributed by atoms with E-state index >= 15 is 0 Å². The number of ether oxygens (including phenoxy) is 2. The van der Waals surface area contributed by atoms with Crippen molar-refractivity contribution in [2.75, 3.05) is 18.1 Å². The van der Waals surface area contributed by atoms with Gasteiger partial charge in [0.25, 0.3) is 11.8 Å². The Morgan fingerprint density at radius 1 is 1.15 bits per heavy atom. The minimum Gasteiger partial charge on any atom is -0.350 e. The van der Waals surface area contributed by atoms with E-state index in [9.17, 15) is 14.0 Å². The molecule has 0 saturated carbocycles. The van der Waals surface area contributed by atoms with Crippen LogP contribution in [0.2, 0.25) is 5.02 Å². The second-order valence-corrected chi connectivity index (χ2v) is 7.59. The molecule has 5 nitrogen and oxygen atoms in total. The summed E-state index contributed by atoms with van der Waals surface area (Å²) in [4.78, 5) is 26.8. The van der Waals surface area contributed by atoms with Crippen LogP contribution in [0.4, 0.5) is 10.1 Å². The number of carbonyl (C=O) groups is 2.